The molecule has 1 aromatic heterocycles. The smallest absolute Gasteiger partial charge is 0.0488 e. The molecule has 5 aromatic carbocycles. The fourth-order valence-corrected chi connectivity index (χ4v) is 4.73. The van der Waals surface area contributed by atoms with Crippen molar-refractivity contribution in [2.24, 2.45) is 7.05 Å². The van der Waals surface area contributed by atoms with Crippen LogP contribution in [0.2, 0.25) is 0 Å². The second-order valence-electron chi connectivity index (χ2n) is 8.74. The Balaban J connectivity index is -0.000000133. The predicted octanol–water partition coefficient (Wildman–Crippen LogP) is 18.8. The molecule has 1 heteroatoms. The Morgan fingerprint density at radius 2 is 0.574 bits per heavy atom. The van der Waals surface area contributed by atoms with Crippen molar-refractivity contribution in [1.82, 2.24) is 4.57 Å². The van der Waals surface area contributed by atoms with E-state index in [2.05, 4.69) is 128 Å². The summed E-state index contributed by atoms with van der Waals surface area (Å²) < 4.78 is 2.24. The van der Waals surface area contributed by atoms with E-state index >= 15 is 0 Å². The van der Waals surface area contributed by atoms with Gasteiger partial charge in [0.25, 0.3) is 0 Å². The molecule has 0 aliphatic heterocycles. The monoisotopic (exact) mass is 740 g/mol. The van der Waals surface area contributed by atoms with Crippen LogP contribution in [-0.4, -0.2) is 4.57 Å². The average Bonchev–Trinajstić information content (AvgIpc) is 3.83. The van der Waals surface area contributed by atoms with Crippen LogP contribution in [0.3, 0.4) is 0 Å². The lowest BCUT2D eigenvalue weighted by Gasteiger charge is -1.98. The van der Waals surface area contributed by atoms with Gasteiger partial charge in [0.05, 0.1) is 0 Å². The highest BCUT2D eigenvalue weighted by Crippen LogP contribution is 2.35. The van der Waals surface area contributed by atoms with E-state index in [0.717, 1.165) is 6.42 Å². The van der Waals surface area contributed by atoms with E-state index in [9.17, 15) is 0 Å². The van der Waals surface area contributed by atoms with Gasteiger partial charge in [-0.3, -0.25) is 0 Å². The molecule has 0 radical (unpaired) electrons. The number of benzene rings is 5. The molecule has 0 atom stereocenters. The number of aromatic nitrogens is 1. The van der Waals surface area contributed by atoms with Gasteiger partial charge in [0.1, 0.15) is 0 Å². The summed E-state index contributed by atoms with van der Waals surface area (Å²) >= 11 is 0. The summed E-state index contributed by atoms with van der Waals surface area (Å²) in [6, 6.07) is 44.6. The van der Waals surface area contributed by atoms with Crippen LogP contribution < -0.4 is 0 Å². The largest absolute Gasteiger partial charge is 0.344 e. The van der Waals surface area contributed by atoms with Crippen LogP contribution in [0.25, 0.3) is 32.9 Å². The molecule has 54 heavy (non-hydrogen) atoms. The number of rotatable bonds is 0. The third-order valence-corrected chi connectivity index (χ3v) is 6.47. The summed E-state index contributed by atoms with van der Waals surface area (Å²) in [5.74, 6) is 0. The van der Waals surface area contributed by atoms with Gasteiger partial charge >= 0.3 is 0 Å². The molecular formula is C53H89N. The standard InChI is InChI=1S/C13H11N.C13H10.C7H8.10C2H6/c1-14-12-8-4-2-6-10(12)11-7-3-5-9-13(11)14;1-3-7-12-10(5-1)9-11-6-2-4-8-13(11)12;1-7-5-3-2-4-6-7;10*1-2/h2-9H,1H3;1-8H,9H2;2-6H,1H3;10*1-2H3. The Hall–Kier alpha value is -4.10. The summed E-state index contributed by atoms with van der Waals surface area (Å²) in [5, 5.41) is 2.68. The quantitative estimate of drug-likeness (QED) is 0.146. The lowest BCUT2D eigenvalue weighted by atomic mass is 10.1. The number of nitrogens with zero attached hydrogens (tertiary/aromatic N) is 1. The van der Waals surface area contributed by atoms with Crippen molar-refractivity contribution >= 4 is 21.8 Å². The van der Waals surface area contributed by atoms with E-state index < -0.39 is 0 Å². The Kier molecular flexibility index (Phi) is 56.1. The third kappa shape index (κ3) is 22.9. The Morgan fingerprint density at radius 3 is 0.870 bits per heavy atom. The van der Waals surface area contributed by atoms with Crippen LogP contribution in [0, 0.1) is 6.92 Å². The van der Waals surface area contributed by atoms with Crippen LogP contribution in [-0.2, 0) is 13.5 Å². The number of hydrogen-bond acceptors (Lipinski definition) is 0. The zero-order chi connectivity index (χ0) is 43.3. The molecule has 0 bridgehead atoms. The van der Waals surface area contributed by atoms with Gasteiger partial charge in [-0.15, -0.1) is 0 Å². The van der Waals surface area contributed by atoms with Crippen LogP contribution >= 0.6 is 0 Å². The van der Waals surface area contributed by atoms with Crippen molar-refractivity contribution in [1.29, 1.82) is 0 Å². The normalized spacial score (nSPS) is 8.11. The maximum atomic E-state index is 2.24. The Labute approximate surface area is 339 Å². The molecular weight excluding hydrogens is 651 g/mol. The van der Waals surface area contributed by atoms with Crippen molar-refractivity contribution in [2.75, 3.05) is 0 Å². The molecule has 6 aromatic rings. The SMILES string of the molecule is CC.CC.CC.CC.CC.CC.CC.CC.CC.CC.Cc1ccccc1.Cn1c2ccccc2c2ccccc21.c1ccc2c(c1)Cc1ccccc1-2. The van der Waals surface area contributed by atoms with Gasteiger partial charge in [-0.1, -0.05) is 259 Å². The van der Waals surface area contributed by atoms with Gasteiger partial charge in [-0.05, 0) is 47.7 Å². The molecule has 0 spiro atoms. The van der Waals surface area contributed by atoms with Crippen LogP contribution in [0.1, 0.15) is 155 Å². The molecule has 306 valence electrons. The van der Waals surface area contributed by atoms with Crippen molar-refractivity contribution in [3.63, 3.8) is 0 Å². The predicted molar refractivity (Wildman–Crippen MR) is 260 cm³/mol. The minimum absolute atomic E-state index is 1.10. The molecule has 0 fully saturated rings. The summed E-state index contributed by atoms with van der Waals surface area (Å²) in [4.78, 5) is 0. The molecule has 0 saturated heterocycles. The summed E-state index contributed by atoms with van der Waals surface area (Å²) in [7, 11) is 2.12. The summed E-state index contributed by atoms with van der Waals surface area (Å²) in [6.45, 7) is 42.1. The molecule has 0 saturated carbocycles. The third-order valence-electron chi connectivity index (χ3n) is 6.47. The van der Waals surface area contributed by atoms with Gasteiger partial charge in [0.2, 0.25) is 0 Å². The second kappa shape index (κ2) is 48.9. The molecule has 1 heterocycles. The number of fused-ring (bicyclic) bond motifs is 6. The molecule has 7 rings (SSSR count). The molecule has 1 nitrogen and oxygen atoms in total. The van der Waals surface area contributed by atoms with Crippen LogP contribution in [0.15, 0.2) is 127 Å². The minimum atomic E-state index is 1.10. The minimum Gasteiger partial charge on any atom is -0.344 e. The molecule has 1 aliphatic carbocycles. The van der Waals surface area contributed by atoms with Crippen molar-refractivity contribution in [3.8, 4) is 11.1 Å². The van der Waals surface area contributed by atoms with Gasteiger partial charge in [-0.2, -0.15) is 0 Å². The molecule has 0 amide bonds. The first-order valence-corrected chi connectivity index (χ1v) is 21.8. The highest BCUT2D eigenvalue weighted by atomic mass is 14.9. The van der Waals surface area contributed by atoms with Gasteiger partial charge in [0.15, 0.2) is 0 Å². The van der Waals surface area contributed by atoms with E-state index in [1.807, 2.05) is 157 Å². The van der Waals surface area contributed by atoms with E-state index in [-0.39, 0.29) is 0 Å². The fraction of sp³-hybridized carbons (Fsp3) is 0.434. The van der Waals surface area contributed by atoms with Gasteiger partial charge < -0.3 is 4.57 Å². The number of para-hydroxylation sites is 2. The zero-order valence-electron chi connectivity index (χ0n) is 39.8. The maximum absolute atomic E-state index is 2.24. The fourth-order valence-electron chi connectivity index (χ4n) is 4.73. The molecule has 1 aliphatic rings. The number of hydrogen-bond donors (Lipinski definition) is 0. The van der Waals surface area contributed by atoms with E-state index in [1.54, 1.807) is 0 Å². The molecule has 0 unspecified atom stereocenters. The summed E-state index contributed by atoms with van der Waals surface area (Å²) in [6.07, 6.45) is 1.10. The lowest BCUT2D eigenvalue weighted by Crippen LogP contribution is -1.84. The zero-order valence-corrected chi connectivity index (χ0v) is 39.8. The van der Waals surface area contributed by atoms with Crippen molar-refractivity contribution in [2.45, 2.75) is 152 Å². The van der Waals surface area contributed by atoms with Crippen molar-refractivity contribution in [3.05, 3.63) is 144 Å². The lowest BCUT2D eigenvalue weighted by molar-refractivity contribution is 1.01. The first-order chi connectivity index (χ1) is 26.7. The Morgan fingerprint density at radius 1 is 0.315 bits per heavy atom. The summed E-state index contributed by atoms with van der Waals surface area (Å²) in [5.41, 5.74) is 9.67. The second-order valence-corrected chi connectivity index (χ2v) is 8.74. The first-order valence-electron chi connectivity index (χ1n) is 21.8. The van der Waals surface area contributed by atoms with Crippen LogP contribution in [0.4, 0.5) is 0 Å². The van der Waals surface area contributed by atoms with Crippen molar-refractivity contribution < 1.29 is 0 Å². The highest BCUT2D eigenvalue weighted by molar-refractivity contribution is 6.07. The highest BCUT2D eigenvalue weighted by Gasteiger charge is 2.15. The van der Waals surface area contributed by atoms with E-state index in [1.165, 1.54) is 49.6 Å². The number of aryl methyl sites for hydroxylation is 2. The molecule has 0 N–H and O–H groups in total. The first kappa shape index (κ1) is 61.9. The average molecular weight is 740 g/mol. The van der Waals surface area contributed by atoms with Gasteiger partial charge in [-0.25, -0.2) is 0 Å². The maximum Gasteiger partial charge on any atom is 0.0488 e. The Bertz CT molecular complexity index is 1440. The van der Waals surface area contributed by atoms with E-state index in [4.69, 9.17) is 0 Å². The topological polar surface area (TPSA) is 4.93 Å². The van der Waals surface area contributed by atoms with Gasteiger partial charge in [0, 0.05) is 28.9 Å². The van der Waals surface area contributed by atoms with E-state index in [0.29, 0.717) is 0 Å². The van der Waals surface area contributed by atoms with Crippen LogP contribution in [0.5, 0.6) is 0 Å².